The zero-order chi connectivity index (χ0) is 11.0. The molecule has 0 aliphatic rings. The highest BCUT2D eigenvalue weighted by Crippen LogP contribution is 2.00. The Hall–Kier alpha value is 0.260. The van der Waals surface area contributed by atoms with Crippen molar-refractivity contribution in [3.63, 3.8) is 0 Å². The quantitative estimate of drug-likeness (QED) is 0.642. The predicted octanol–water partition coefficient (Wildman–Crippen LogP) is 1.01. The Morgan fingerprint density at radius 3 is 2.43 bits per heavy atom. The molecule has 3 nitrogen and oxygen atoms in total. The van der Waals surface area contributed by atoms with E-state index >= 15 is 0 Å². The van der Waals surface area contributed by atoms with Crippen LogP contribution in [-0.4, -0.2) is 45.0 Å². The van der Waals surface area contributed by atoms with Gasteiger partial charge in [-0.2, -0.15) is 11.8 Å². The lowest BCUT2D eigenvalue weighted by Gasteiger charge is -2.06. The normalized spacial score (nSPS) is 12.3. The Morgan fingerprint density at radius 2 is 1.93 bits per heavy atom. The molecule has 0 unspecified atom stereocenters. The highest BCUT2D eigenvalue weighted by atomic mass is 32.2. The average molecular weight is 239 g/mol. The van der Waals surface area contributed by atoms with Gasteiger partial charge < -0.3 is 5.32 Å². The third-order valence-electron chi connectivity index (χ3n) is 1.57. The minimum absolute atomic E-state index is 0.293. The van der Waals surface area contributed by atoms with Gasteiger partial charge in [-0.25, -0.2) is 8.42 Å². The first-order valence-electron chi connectivity index (χ1n) is 4.88. The van der Waals surface area contributed by atoms with Crippen molar-refractivity contribution in [3.8, 4) is 0 Å². The van der Waals surface area contributed by atoms with Crippen LogP contribution in [0.1, 0.15) is 13.8 Å². The lowest BCUT2D eigenvalue weighted by molar-refractivity contribution is 0.568. The van der Waals surface area contributed by atoms with Crippen LogP contribution < -0.4 is 5.32 Å². The summed E-state index contributed by atoms with van der Waals surface area (Å²) in [7, 11) is -2.77. The van der Waals surface area contributed by atoms with Crippen molar-refractivity contribution < 1.29 is 8.42 Å². The van der Waals surface area contributed by atoms with Crippen molar-refractivity contribution >= 4 is 21.6 Å². The van der Waals surface area contributed by atoms with Gasteiger partial charge in [0, 0.05) is 24.3 Å². The molecule has 14 heavy (non-hydrogen) atoms. The molecule has 86 valence electrons. The summed E-state index contributed by atoms with van der Waals surface area (Å²) in [6.07, 6.45) is 1.28. The molecule has 0 aromatic rings. The summed E-state index contributed by atoms with van der Waals surface area (Å²) in [4.78, 5) is 0. The van der Waals surface area contributed by atoms with Crippen molar-refractivity contribution in [1.29, 1.82) is 0 Å². The van der Waals surface area contributed by atoms with Crippen LogP contribution in [0.3, 0.4) is 0 Å². The molecule has 0 aliphatic heterocycles. The van der Waals surface area contributed by atoms with E-state index < -0.39 is 9.84 Å². The van der Waals surface area contributed by atoms with E-state index in [0.717, 1.165) is 18.8 Å². The number of rotatable bonds is 8. The minimum atomic E-state index is -2.77. The van der Waals surface area contributed by atoms with Crippen molar-refractivity contribution in [3.05, 3.63) is 0 Å². The highest BCUT2D eigenvalue weighted by Gasteiger charge is 2.00. The summed E-state index contributed by atoms with van der Waals surface area (Å²) in [5, 5.41) is 3.31. The van der Waals surface area contributed by atoms with Gasteiger partial charge in [0.1, 0.15) is 9.84 Å². The van der Waals surface area contributed by atoms with E-state index in [0.29, 0.717) is 17.4 Å². The summed E-state index contributed by atoms with van der Waals surface area (Å²) in [5.74, 6) is 2.67. The van der Waals surface area contributed by atoms with E-state index in [-0.39, 0.29) is 0 Å². The first-order valence-corrected chi connectivity index (χ1v) is 8.09. The second kappa shape index (κ2) is 7.54. The van der Waals surface area contributed by atoms with Crippen LogP contribution in [0.15, 0.2) is 0 Å². The first-order chi connectivity index (χ1) is 6.42. The SMILES string of the molecule is CC(C)CNCCSCCS(C)(=O)=O. The molecule has 0 amide bonds. The lowest BCUT2D eigenvalue weighted by atomic mass is 10.2. The molecule has 0 rings (SSSR count). The van der Waals surface area contributed by atoms with E-state index in [9.17, 15) is 8.42 Å². The van der Waals surface area contributed by atoms with E-state index in [1.165, 1.54) is 6.26 Å². The summed E-state index contributed by atoms with van der Waals surface area (Å²) in [6.45, 7) is 6.34. The van der Waals surface area contributed by atoms with Crippen molar-refractivity contribution in [2.45, 2.75) is 13.8 Å². The molecular weight excluding hydrogens is 218 g/mol. The fourth-order valence-corrected chi connectivity index (χ4v) is 3.02. The maximum atomic E-state index is 10.8. The van der Waals surface area contributed by atoms with Crippen molar-refractivity contribution in [2.24, 2.45) is 5.92 Å². The number of nitrogens with one attached hydrogen (secondary N) is 1. The summed E-state index contributed by atoms with van der Waals surface area (Å²) >= 11 is 1.69. The van der Waals surface area contributed by atoms with Crippen LogP contribution in [0.4, 0.5) is 0 Å². The Morgan fingerprint density at radius 1 is 1.29 bits per heavy atom. The third kappa shape index (κ3) is 12.3. The fourth-order valence-electron chi connectivity index (χ4n) is 0.847. The Bertz CT molecular complexity index is 225. The van der Waals surface area contributed by atoms with E-state index in [4.69, 9.17) is 0 Å². The van der Waals surface area contributed by atoms with E-state index in [1.807, 2.05) is 0 Å². The highest BCUT2D eigenvalue weighted by molar-refractivity contribution is 8.00. The number of sulfone groups is 1. The average Bonchev–Trinajstić information content (AvgIpc) is 2.00. The molecule has 0 spiro atoms. The van der Waals surface area contributed by atoms with Crippen LogP contribution in [-0.2, 0) is 9.84 Å². The Balaban J connectivity index is 3.15. The molecule has 0 atom stereocenters. The van der Waals surface area contributed by atoms with Crippen LogP contribution in [0.2, 0.25) is 0 Å². The van der Waals surface area contributed by atoms with Gasteiger partial charge in [-0.1, -0.05) is 13.8 Å². The second-order valence-electron chi connectivity index (χ2n) is 3.84. The topological polar surface area (TPSA) is 46.2 Å². The van der Waals surface area contributed by atoms with Gasteiger partial charge in [-0.05, 0) is 12.5 Å². The van der Waals surface area contributed by atoms with Gasteiger partial charge in [0.05, 0.1) is 5.75 Å². The molecule has 0 aliphatic carbocycles. The lowest BCUT2D eigenvalue weighted by Crippen LogP contribution is -2.22. The van der Waals surface area contributed by atoms with E-state index in [1.54, 1.807) is 11.8 Å². The van der Waals surface area contributed by atoms with Crippen LogP contribution in [0.25, 0.3) is 0 Å². The predicted molar refractivity (Wildman–Crippen MR) is 64.7 cm³/mol. The van der Waals surface area contributed by atoms with Crippen LogP contribution >= 0.6 is 11.8 Å². The maximum absolute atomic E-state index is 10.8. The molecule has 0 aromatic heterocycles. The van der Waals surface area contributed by atoms with Gasteiger partial charge in [0.2, 0.25) is 0 Å². The maximum Gasteiger partial charge on any atom is 0.148 e. The summed E-state index contributed by atoms with van der Waals surface area (Å²) in [5.41, 5.74) is 0. The molecule has 0 fully saturated rings. The Labute approximate surface area is 92.0 Å². The third-order valence-corrected chi connectivity index (χ3v) is 3.76. The van der Waals surface area contributed by atoms with Gasteiger partial charge in [-0.15, -0.1) is 0 Å². The zero-order valence-electron chi connectivity index (χ0n) is 9.25. The molecule has 0 bridgehead atoms. The van der Waals surface area contributed by atoms with Gasteiger partial charge in [0.15, 0.2) is 0 Å². The van der Waals surface area contributed by atoms with Gasteiger partial charge >= 0.3 is 0 Å². The summed E-state index contributed by atoms with van der Waals surface area (Å²) in [6, 6.07) is 0. The molecule has 1 N–H and O–H groups in total. The molecule has 0 radical (unpaired) electrons. The number of hydrogen-bond donors (Lipinski definition) is 1. The van der Waals surface area contributed by atoms with E-state index in [2.05, 4.69) is 19.2 Å². The fraction of sp³-hybridized carbons (Fsp3) is 1.00. The molecule has 0 saturated carbocycles. The van der Waals surface area contributed by atoms with Gasteiger partial charge in [-0.3, -0.25) is 0 Å². The Kier molecular flexibility index (Phi) is 7.68. The molecular formula is C9H21NO2S2. The van der Waals surface area contributed by atoms with Crippen molar-refractivity contribution in [2.75, 3.05) is 36.6 Å². The largest absolute Gasteiger partial charge is 0.316 e. The molecule has 5 heteroatoms. The monoisotopic (exact) mass is 239 g/mol. The number of thioether (sulfide) groups is 1. The first kappa shape index (κ1) is 14.3. The van der Waals surface area contributed by atoms with Crippen LogP contribution in [0, 0.1) is 5.92 Å². The van der Waals surface area contributed by atoms with Gasteiger partial charge in [0.25, 0.3) is 0 Å². The molecule has 0 saturated heterocycles. The smallest absolute Gasteiger partial charge is 0.148 e. The molecule has 0 heterocycles. The van der Waals surface area contributed by atoms with Crippen LogP contribution in [0.5, 0.6) is 0 Å². The second-order valence-corrected chi connectivity index (χ2v) is 7.32. The zero-order valence-corrected chi connectivity index (χ0v) is 10.9. The summed E-state index contributed by atoms with van der Waals surface area (Å²) < 4.78 is 21.6. The minimum Gasteiger partial charge on any atom is -0.316 e. The number of hydrogen-bond acceptors (Lipinski definition) is 4. The standard InChI is InChI=1S/C9H21NO2S2/c1-9(2)8-10-4-5-13-6-7-14(3,11)12/h9-10H,4-8H2,1-3H3. The molecule has 0 aromatic carbocycles. The van der Waals surface area contributed by atoms with Crippen molar-refractivity contribution in [1.82, 2.24) is 5.32 Å².